The summed E-state index contributed by atoms with van der Waals surface area (Å²) >= 11 is 6.08. The number of hydrogen-bond acceptors (Lipinski definition) is 4. The van der Waals surface area contributed by atoms with E-state index < -0.39 is 11.4 Å². The smallest absolute Gasteiger partial charge is 0.410 e. The van der Waals surface area contributed by atoms with Crippen LogP contribution in [0.4, 0.5) is 9.18 Å². The first-order valence-corrected chi connectivity index (χ1v) is 13.5. The van der Waals surface area contributed by atoms with Crippen LogP contribution in [0.5, 0.6) is 5.75 Å². The maximum atomic E-state index is 13.9. The van der Waals surface area contributed by atoms with Crippen LogP contribution in [0.2, 0.25) is 5.02 Å². The van der Waals surface area contributed by atoms with E-state index >= 15 is 0 Å². The molecule has 0 saturated carbocycles. The van der Waals surface area contributed by atoms with Gasteiger partial charge in [0, 0.05) is 48.9 Å². The monoisotopic (exact) mass is 542 g/mol. The van der Waals surface area contributed by atoms with Crippen LogP contribution in [-0.2, 0) is 16.1 Å². The second kappa shape index (κ2) is 11.4. The first-order chi connectivity index (χ1) is 17.9. The highest BCUT2D eigenvalue weighted by Gasteiger charge is 2.28. The van der Waals surface area contributed by atoms with E-state index in [1.54, 1.807) is 17.0 Å². The lowest BCUT2D eigenvalue weighted by Gasteiger charge is -2.33. The number of rotatable bonds is 7. The lowest BCUT2D eigenvalue weighted by molar-refractivity contribution is -0.120. The Bertz CT molecular complexity index is 1320. The van der Waals surface area contributed by atoms with Crippen molar-refractivity contribution < 1.29 is 23.5 Å². The number of likely N-dealkylation sites (tertiary alicyclic amines) is 1. The predicted molar refractivity (Wildman–Crippen MR) is 148 cm³/mol. The number of benzene rings is 2. The number of halogens is 2. The average Bonchev–Trinajstić information content (AvgIpc) is 3.17. The molecular formula is C30H36ClFN2O4. The van der Waals surface area contributed by atoms with Crippen molar-refractivity contribution in [1.29, 1.82) is 0 Å². The number of hydrogen-bond donors (Lipinski definition) is 0. The van der Waals surface area contributed by atoms with Gasteiger partial charge in [-0.15, -0.1) is 0 Å². The van der Waals surface area contributed by atoms with Crippen molar-refractivity contribution in [2.45, 2.75) is 72.1 Å². The van der Waals surface area contributed by atoms with Crippen LogP contribution in [0.15, 0.2) is 42.5 Å². The molecule has 1 amide bonds. The van der Waals surface area contributed by atoms with Crippen molar-refractivity contribution in [1.82, 2.24) is 9.47 Å². The summed E-state index contributed by atoms with van der Waals surface area (Å²) in [5.74, 6) is 0.628. The molecule has 4 rings (SSSR count). The van der Waals surface area contributed by atoms with E-state index in [0.29, 0.717) is 32.4 Å². The molecule has 8 heteroatoms. The molecule has 0 bridgehead atoms. The van der Waals surface area contributed by atoms with Gasteiger partial charge in [0.25, 0.3) is 0 Å². The summed E-state index contributed by atoms with van der Waals surface area (Å²) in [6, 6.07) is 12.4. The quantitative estimate of drug-likeness (QED) is 0.310. The number of nitrogens with zero attached hydrogens (tertiary/aromatic N) is 2. The molecule has 0 N–H and O–H groups in total. The van der Waals surface area contributed by atoms with Gasteiger partial charge in [0.1, 0.15) is 23.3 Å². The molecule has 204 valence electrons. The normalized spacial score (nSPS) is 14.8. The number of Topliss-reactive ketones (excluding diaryl/α,β-unsaturated/α-hetero) is 1. The number of ketones is 1. The highest BCUT2D eigenvalue weighted by Crippen LogP contribution is 2.33. The van der Waals surface area contributed by atoms with Crippen LogP contribution >= 0.6 is 11.6 Å². The second-order valence-electron chi connectivity index (χ2n) is 11.4. The lowest BCUT2D eigenvalue weighted by Crippen LogP contribution is -2.44. The van der Waals surface area contributed by atoms with Gasteiger partial charge in [-0.05, 0) is 74.7 Å². The molecule has 1 aliphatic rings. The maximum absolute atomic E-state index is 13.9. The largest absolute Gasteiger partial charge is 0.490 e. The van der Waals surface area contributed by atoms with Crippen molar-refractivity contribution in [3.05, 3.63) is 53.3 Å². The van der Waals surface area contributed by atoms with Gasteiger partial charge in [-0.1, -0.05) is 25.4 Å². The predicted octanol–water partition coefficient (Wildman–Crippen LogP) is 7.49. The van der Waals surface area contributed by atoms with Crippen molar-refractivity contribution in [3.63, 3.8) is 0 Å². The molecular weight excluding hydrogens is 507 g/mol. The number of carbonyl (C=O) groups excluding carboxylic acids is 2. The summed E-state index contributed by atoms with van der Waals surface area (Å²) in [6.45, 7) is 11.0. The number of piperidine rings is 1. The average molecular weight is 543 g/mol. The summed E-state index contributed by atoms with van der Waals surface area (Å²) in [6.07, 6.45) is 1.59. The Kier molecular flexibility index (Phi) is 8.36. The molecule has 2 aromatic carbocycles. The summed E-state index contributed by atoms with van der Waals surface area (Å²) in [5.41, 5.74) is 1.90. The molecule has 0 radical (unpaired) electrons. The number of fused-ring (bicyclic) bond motifs is 1. The molecule has 0 spiro atoms. The first kappa shape index (κ1) is 28.0. The zero-order valence-electron chi connectivity index (χ0n) is 22.7. The summed E-state index contributed by atoms with van der Waals surface area (Å²) in [4.78, 5) is 26.9. The van der Waals surface area contributed by atoms with Crippen LogP contribution in [0.1, 0.15) is 53.9 Å². The molecule has 0 unspecified atom stereocenters. The molecule has 0 atom stereocenters. The van der Waals surface area contributed by atoms with Crippen LogP contribution in [-0.4, -0.2) is 46.1 Å². The zero-order valence-corrected chi connectivity index (χ0v) is 23.5. The van der Waals surface area contributed by atoms with Gasteiger partial charge < -0.3 is 18.9 Å². The Morgan fingerprint density at radius 1 is 1.08 bits per heavy atom. The molecule has 1 aromatic heterocycles. The fourth-order valence-corrected chi connectivity index (χ4v) is 4.94. The molecule has 38 heavy (non-hydrogen) atoms. The number of amides is 1. The van der Waals surface area contributed by atoms with Crippen LogP contribution in [0, 0.1) is 11.7 Å². The van der Waals surface area contributed by atoms with Crippen molar-refractivity contribution in [2.75, 3.05) is 13.1 Å². The van der Waals surface area contributed by atoms with Gasteiger partial charge in [0.2, 0.25) is 0 Å². The number of carbonyl (C=O) groups is 2. The number of ether oxygens (including phenoxy) is 2. The standard InChI is InChI=1S/C30H36ClFN2O4/c1-19(2)14-22(35)18-34-27-9-7-24(15-21(27)17-28(34)20-6-8-26(32)25(31)16-20)37-23-10-12-33(13-11-23)29(36)38-30(3,4)5/h6-9,15-17,19,23H,10-14,18H2,1-5H3. The van der Waals surface area contributed by atoms with Gasteiger partial charge in [0.15, 0.2) is 5.78 Å². The minimum atomic E-state index is -0.520. The van der Waals surface area contributed by atoms with E-state index in [9.17, 15) is 14.0 Å². The molecule has 3 aromatic rings. The highest BCUT2D eigenvalue weighted by molar-refractivity contribution is 6.31. The molecule has 1 aliphatic heterocycles. The Morgan fingerprint density at radius 2 is 1.79 bits per heavy atom. The Morgan fingerprint density at radius 3 is 2.42 bits per heavy atom. The maximum Gasteiger partial charge on any atom is 0.410 e. The molecule has 2 heterocycles. The fourth-order valence-electron chi connectivity index (χ4n) is 4.76. The Labute approximate surface area is 228 Å². The van der Waals surface area contributed by atoms with E-state index in [-0.39, 0.29) is 35.5 Å². The summed E-state index contributed by atoms with van der Waals surface area (Å²) < 4.78 is 27.6. The third-order valence-corrected chi connectivity index (χ3v) is 6.74. The molecule has 1 fully saturated rings. The highest BCUT2D eigenvalue weighted by atomic mass is 35.5. The summed E-state index contributed by atoms with van der Waals surface area (Å²) in [5, 5.41) is 0.955. The van der Waals surface area contributed by atoms with Crippen LogP contribution in [0.3, 0.4) is 0 Å². The van der Waals surface area contributed by atoms with Gasteiger partial charge in [-0.3, -0.25) is 4.79 Å². The van der Waals surface area contributed by atoms with E-state index in [2.05, 4.69) is 0 Å². The zero-order chi connectivity index (χ0) is 27.6. The second-order valence-corrected chi connectivity index (χ2v) is 11.8. The van der Waals surface area contributed by atoms with E-state index in [1.807, 2.05) is 63.5 Å². The SMILES string of the molecule is CC(C)CC(=O)Cn1c(-c2ccc(F)c(Cl)c2)cc2cc(OC3CCN(C(=O)OC(C)(C)C)CC3)ccc21. The van der Waals surface area contributed by atoms with Crippen molar-refractivity contribution in [2.24, 2.45) is 5.92 Å². The minimum absolute atomic E-state index is 0.0174. The topological polar surface area (TPSA) is 60.8 Å². The van der Waals surface area contributed by atoms with Crippen molar-refractivity contribution >= 4 is 34.4 Å². The van der Waals surface area contributed by atoms with E-state index in [0.717, 1.165) is 27.9 Å². The van der Waals surface area contributed by atoms with E-state index in [4.69, 9.17) is 21.1 Å². The lowest BCUT2D eigenvalue weighted by atomic mass is 10.1. The molecule has 6 nitrogen and oxygen atoms in total. The van der Waals surface area contributed by atoms with Crippen molar-refractivity contribution in [3.8, 4) is 17.0 Å². The Balaban J connectivity index is 1.55. The van der Waals surface area contributed by atoms with Crippen LogP contribution in [0.25, 0.3) is 22.2 Å². The third kappa shape index (κ3) is 6.87. The molecule has 0 aliphatic carbocycles. The van der Waals surface area contributed by atoms with Gasteiger partial charge in [-0.25, -0.2) is 9.18 Å². The molecule has 1 saturated heterocycles. The Hall–Kier alpha value is -3.06. The van der Waals surface area contributed by atoms with Gasteiger partial charge in [0.05, 0.1) is 11.6 Å². The minimum Gasteiger partial charge on any atom is -0.490 e. The summed E-state index contributed by atoms with van der Waals surface area (Å²) in [7, 11) is 0. The van der Waals surface area contributed by atoms with Gasteiger partial charge >= 0.3 is 6.09 Å². The van der Waals surface area contributed by atoms with E-state index in [1.165, 1.54) is 6.07 Å². The third-order valence-electron chi connectivity index (χ3n) is 6.45. The fraction of sp³-hybridized carbons (Fsp3) is 0.467. The number of aromatic nitrogens is 1. The first-order valence-electron chi connectivity index (χ1n) is 13.1. The van der Waals surface area contributed by atoms with Crippen LogP contribution < -0.4 is 4.74 Å². The van der Waals surface area contributed by atoms with Gasteiger partial charge in [-0.2, -0.15) is 0 Å².